The van der Waals surface area contributed by atoms with Crippen LogP contribution in [0.5, 0.6) is 0 Å². The molecule has 0 radical (unpaired) electrons. The summed E-state index contributed by atoms with van der Waals surface area (Å²) >= 11 is 0. The Hall–Kier alpha value is -3.86. The SMILES string of the molecule is Cc1c[nH]c(-c2cccc(NC(=O)c3cccc4c3[nH]c3ccccc34)c2)n1. The fourth-order valence-electron chi connectivity index (χ4n) is 3.57. The first-order valence-corrected chi connectivity index (χ1v) is 9.12. The molecular formula is C23H18N4O. The van der Waals surface area contributed by atoms with Crippen LogP contribution in [-0.2, 0) is 0 Å². The third-order valence-electron chi connectivity index (χ3n) is 4.89. The largest absolute Gasteiger partial charge is 0.354 e. The molecule has 136 valence electrons. The van der Waals surface area contributed by atoms with E-state index in [4.69, 9.17) is 0 Å². The van der Waals surface area contributed by atoms with E-state index in [1.807, 2.05) is 73.8 Å². The number of nitrogens with one attached hydrogen (secondary N) is 3. The van der Waals surface area contributed by atoms with Gasteiger partial charge in [0.2, 0.25) is 0 Å². The summed E-state index contributed by atoms with van der Waals surface area (Å²) in [4.78, 5) is 24.0. The number of benzene rings is 3. The highest BCUT2D eigenvalue weighted by molar-refractivity contribution is 6.17. The Labute approximate surface area is 161 Å². The van der Waals surface area contributed by atoms with Gasteiger partial charge < -0.3 is 15.3 Å². The number of carbonyl (C=O) groups is 1. The van der Waals surface area contributed by atoms with Crippen molar-refractivity contribution in [1.82, 2.24) is 15.0 Å². The molecule has 5 nitrogen and oxygen atoms in total. The van der Waals surface area contributed by atoms with Crippen LogP contribution in [0, 0.1) is 6.92 Å². The molecule has 0 spiro atoms. The smallest absolute Gasteiger partial charge is 0.257 e. The number of hydrogen-bond acceptors (Lipinski definition) is 2. The Kier molecular flexibility index (Phi) is 3.72. The van der Waals surface area contributed by atoms with Crippen LogP contribution in [0.4, 0.5) is 5.69 Å². The van der Waals surface area contributed by atoms with Crippen LogP contribution >= 0.6 is 0 Å². The molecule has 1 amide bonds. The average molecular weight is 366 g/mol. The van der Waals surface area contributed by atoms with Crippen LogP contribution in [0.25, 0.3) is 33.2 Å². The number of imidazole rings is 1. The lowest BCUT2D eigenvalue weighted by Crippen LogP contribution is -2.12. The van der Waals surface area contributed by atoms with E-state index in [-0.39, 0.29) is 5.91 Å². The molecule has 28 heavy (non-hydrogen) atoms. The number of carbonyl (C=O) groups excluding carboxylic acids is 1. The minimum absolute atomic E-state index is 0.148. The van der Waals surface area contributed by atoms with Gasteiger partial charge in [-0.25, -0.2) is 4.98 Å². The van der Waals surface area contributed by atoms with Crippen molar-refractivity contribution in [1.29, 1.82) is 0 Å². The first kappa shape index (κ1) is 16.3. The van der Waals surface area contributed by atoms with E-state index < -0.39 is 0 Å². The second-order valence-electron chi connectivity index (χ2n) is 6.82. The summed E-state index contributed by atoms with van der Waals surface area (Å²) < 4.78 is 0. The molecule has 0 aliphatic heterocycles. The van der Waals surface area contributed by atoms with E-state index in [1.54, 1.807) is 0 Å². The van der Waals surface area contributed by atoms with Gasteiger partial charge in [0, 0.05) is 33.7 Å². The number of aromatic amines is 2. The zero-order valence-corrected chi connectivity index (χ0v) is 15.3. The molecule has 0 saturated heterocycles. The molecule has 5 aromatic rings. The molecule has 3 aromatic carbocycles. The van der Waals surface area contributed by atoms with Crippen molar-refractivity contribution >= 4 is 33.4 Å². The maximum Gasteiger partial charge on any atom is 0.257 e. The van der Waals surface area contributed by atoms with Crippen molar-refractivity contribution in [3.63, 3.8) is 0 Å². The third kappa shape index (κ3) is 2.74. The standard InChI is InChI=1S/C23H18N4O/c1-14-13-24-22(25-14)15-6-4-7-16(12-15)26-23(28)19-10-5-9-18-17-8-2-3-11-20(17)27-21(18)19/h2-13,27H,1H3,(H,24,25)(H,26,28). The lowest BCUT2D eigenvalue weighted by Gasteiger charge is -2.08. The van der Waals surface area contributed by atoms with Crippen molar-refractivity contribution in [3.05, 3.63) is 84.2 Å². The fraction of sp³-hybridized carbons (Fsp3) is 0.0435. The maximum absolute atomic E-state index is 13.0. The Balaban J connectivity index is 1.51. The zero-order valence-electron chi connectivity index (χ0n) is 15.3. The molecule has 2 aromatic heterocycles. The molecule has 0 saturated carbocycles. The number of H-pyrrole nitrogens is 2. The van der Waals surface area contributed by atoms with Gasteiger partial charge in [0.25, 0.3) is 5.91 Å². The third-order valence-corrected chi connectivity index (χ3v) is 4.89. The molecule has 0 aliphatic rings. The molecule has 0 aliphatic carbocycles. The maximum atomic E-state index is 13.0. The van der Waals surface area contributed by atoms with Gasteiger partial charge in [0.05, 0.1) is 16.8 Å². The van der Waals surface area contributed by atoms with Gasteiger partial charge in [0.1, 0.15) is 5.82 Å². The molecule has 3 N–H and O–H groups in total. The van der Waals surface area contributed by atoms with Gasteiger partial charge in [-0.15, -0.1) is 0 Å². The quantitative estimate of drug-likeness (QED) is 0.407. The number of para-hydroxylation sites is 2. The summed E-state index contributed by atoms with van der Waals surface area (Å²) in [7, 11) is 0. The van der Waals surface area contributed by atoms with Gasteiger partial charge in [-0.2, -0.15) is 0 Å². The van der Waals surface area contributed by atoms with Gasteiger partial charge in [-0.1, -0.05) is 42.5 Å². The van der Waals surface area contributed by atoms with Crippen molar-refractivity contribution in [2.75, 3.05) is 5.32 Å². The fourth-order valence-corrected chi connectivity index (χ4v) is 3.57. The van der Waals surface area contributed by atoms with Gasteiger partial charge in [-0.05, 0) is 31.2 Å². The van der Waals surface area contributed by atoms with Gasteiger partial charge in [-0.3, -0.25) is 4.79 Å². The van der Waals surface area contributed by atoms with Crippen molar-refractivity contribution in [2.24, 2.45) is 0 Å². The Bertz CT molecular complexity index is 1330. The minimum Gasteiger partial charge on any atom is -0.354 e. The second kappa shape index (κ2) is 6.39. The van der Waals surface area contributed by atoms with Crippen LogP contribution in [0.3, 0.4) is 0 Å². The molecule has 0 bridgehead atoms. The van der Waals surface area contributed by atoms with Crippen LogP contribution in [-0.4, -0.2) is 20.9 Å². The summed E-state index contributed by atoms with van der Waals surface area (Å²) in [6.45, 7) is 1.94. The van der Waals surface area contributed by atoms with Crippen molar-refractivity contribution in [3.8, 4) is 11.4 Å². The number of anilines is 1. The van der Waals surface area contributed by atoms with Crippen LogP contribution in [0.15, 0.2) is 72.9 Å². The summed E-state index contributed by atoms with van der Waals surface area (Å²) in [5.41, 5.74) is 5.06. The summed E-state index contributed by atoms with van der Waals surface area (Å²) in [5.74, 6) is 0.635. The molecule has 5 heteroatoms. The van der Waals surface area contributed by atoms with Gasteiger partial charge >= 0.3 is 0 Å². The predicted octanol–water partition coefficient (Wildman–Crippen LogP) is 5.27. The average Bonchev–Trinajstić information content (AvgIpc) is 3.31. The summed E-state index contributed by atoms with van der Waals surface area (Å²) in [5, 5.41) is 5.17. The zero-order chi connectivity index (χ0) is 19.1. The number of rotatable bonds is 3. The predicted molar refractivity (Wildman–Crippen MR) is 113 cm³/mol. The summed E-state index contributed by atoms with van der Waals surface area (Å²) in [6, 6.07) is 21.5. The second-order valence-corrected chi connectivity index (χ2v) is 6.82. The van der Waals surface area contributed by atoms with Crippen LogP contribution in [0.2, 0.25) is 0 Å². The monoisotopic (exact) mass is 366 g/mol. The minimum atomic E-state index is -0.148. The first-order valence-electron chi connectivity index (χ1n) is 9.12. The molecular weight excluding hydrogens is 348 g/mol. The van der Waals surface area contributed by atoms with Gasteiger partial charge in [0.15, 0.2) is 0 Å². The Morgan fingerprint density at radius 3 is 2.64 bits per heavy atom. The molecule has 2 heterocycles. The first-order chi connectivity index (χ1) is 13.7. The van der Waals surface area contributed by atoms with E-state index in [0.717, 1.165) is 44.6 Å². The number of amides is 1. The number of fused-ring (bicyclic) bond motifs is 3. The molecule has 0 unspecified atom stereocenters. The highest BCUT2D eigenvalue weighted by atomic mass is 16.1. The van der Waals surface area contributed by atoms with E-state index in [2.05, 4.69) is 26.3 Å². The topological polar surface area (TPSA) is 73.6 Å². The highest BCUT2D eigenvalue weighted by Gasteiger charge is 2.14. The number of nitrogens with zero attached hydrogens (tertiary/aromatic N) is 1. The highest BCUT2D eigenvalue weighted by Crippen LogP contribution is 2.28. The number of hydrogen-bond donors (Lipinski definition) is 3. The van der Waals surface area contributed by atoms with Crippen molar-refractivity contribution < 1.29 is 4.79 Å². The van der Waals surface area contributed by atoms with E-state index in [1.165, 1.54) is 0 Å². The summed E-state index contributed by atoms with van der Waals surface area (Å²) in [6.07, 6.45) is 1.86. The Morgan fingerprint density at radius 2 is 1.79 bits per heavy atom. The lowest BCUT2D eigenvalue weighted by atomic mass is 10.1. The number of aryl methyl sites for hydroxylation is 1. The van der Waals surface area contributed by atoms with Crippen LogP contribution in [0.1, 0.15) is 16.1 Å². The lowest BCUT2D eigenvalue weighted by molar-refractivity contribution is 0.102. The number of aromatic nitrogens is 3. The van der Waals surface area contributed by atoms with E-state index in [9.17, 15) is 4.79 Å². The van der Waals surface area contributed by atoms with Crippen molar-refractivity contribution in [2.45, 2.75) is 6.92 Å². The molecule has 0 fully saturated rings. The molecule has 0 atom stereocenters. The normalized spacial score (nSPS) is 11.2. The van der Waals surface area contributed by atoms with Crippen LogP contribution < -0.4 is 5.32 Å². The van der Waals surface area contributed by atoms with E-state index >= 15 is 0 Å². The Morgan fingerprint density at radius 1 is 0.964 bits per heavy atom. The van der Waals surface area contributed by atoms with E-state index in [0.29, 0.717) is 5.56 Å². The molecule has 5 rings (SSSR count).